The van der Waals surface area contributed by atoms with Gasteiger partial charge in [0, 0.05) is 5.69 Å². The zero-order chi connectivity index (χ0) is 23.8. The van der Waals surface area contributed by atoms with Gasteiger partial charge in [0.25, 0.3) is 0 Å². The highest BCUT2D eigenvalue weighted by Gasteiger charge is 2.55. The lowest BCUT2D eigenvalue weighted by Crippen LogP contribution is -2.48. The van der Waals surface area contributed by atoms with Gasteiger partial charge in [-0.15, -0.1) is 11.8 Å². The van der Waals surface area contributed by atoms with Crippen LogP contribution in [0.25, 0.3) is 0 Å². The summed E-state index contributed by atoms with van der Waals surface area (Å²) in [5, 5.41) is 2.68. The molecule has 2 heterocycles. The molecule has 1 N–H and O–H groups in total. The van der Waals surface area contributed by atoms with Crippen molar-refractivity contribution in [3.05, 3.63) is 65.7 Å². The molecule has 2 saturated heterocycles. The Balaban J connectivity index is 1.59. The van der Waals surface area contributed by atoms with Crippen LogP contribution in [0.1, 0.15) is 49.0 Å². The van der Waals surface area contributed by atoms with Crippen molar-refractivity contribution in [3.8, 4) is 0 Å². The van der Waals surface area contributed by atoms with Gasteiger partial charge in [-0.1, -0.05) is 42.5 Å². The quantitative estimate of drug-likeness (QED) is 0.664. The van der Waals surface area contributed by atoms with Crippen molar-refractivity contribution < 1.29 is 23.9 Å². The first-order chi connectivity index (χ1) is 15.7. The summed E-state index contributed by atoms with van der Waals surface area (Å²) < 4.78 is 10.6. The number of amides is 1. The van der Waals surface area contributed by atoms with Crippen LogP contribution in [0.4, 0.5) is 5.69 Å². The third-order valence-corrected chi connectivity index (χ3v) is 7.08. The van der Waals surface area contributed by atoms with Gasteiger partial charge < -0.3 is 19.7 Å². The molecule has 2 aliphatic heterocycles. The fourth-order valence-electron chi connectivity index (χ4n) is 4.27. The van der Waals surface area contributed by atoms with E-state index in [0.29, 0.717) is 17.7 Å². The average molecular weight is 469 g/mol. The third-order valence-electron chi connectivity index (χ3n) is 5.68. The molecule has 0 spiro atoms. The van der Waals surface area contributed by atoms with Crippen molar-refractivity contribution >= 4 is 35.3 Å². The Labute approximate surface area is 197 Å². The molecular formula is C25H28N2O5S. The van der Waals surface area contributed by atoms with Crippen LogP contribution in [0.2, 0.25) is 0 Å². The number of ether oxygens (including phenoxy) is 2. The van der Waals surface area contributed by atoms with Gasteiger partial charge in [0.05, 0.1) is 24.0 Å². The van der Waals surface area contributed by atoms with E-state index < -0.39 is 29.0 Å². The Morgan fingerprint density at radius 2 is 1.73 bits per heavy atom. The van der Waals surface area contributed by atoms with E-state index in [1.165, 1.54) is 18.9 Å². The highest BCUT2D eigenvalue weighted by atomic mass is 32.2. The van der Waals surface area contributed by atoms with Crippen molar-refractivity contribution in [3.63, 3.8) is 0 Å². The van der Waals surface area contributed by atoms with Crippen LogP contribution in [-0.2, 0) is 19.1 Å². The first kappa shape index (κ1) is 23.2. The number of nitrogens with one attached hydrogen (secondary N) is 1. The maximum atomic E-state index is 13.4. The smallest absolute Gasteiger partial charge is 0.340 e. The van der Waals surface area contributed by atoms with Crippen molar-refractivity contribution in [2.45, 2.75) is 55.5 Å². The van der Waals surface area contributed by atoms with Gasteiger partial charge in [0.2, 0.25) is 5.91 Å². The molecule has 2 fully saturated rings. The van der Waals surface area contributed by atoms with E-state index in [1.807, 2.05) is 51.1 Å². The summed E-state index contributed by atoms with van der Waals surface area (Å²) in [6.45, 7) is 5.43. The van der Waals surface area contributed by atoms with Gasteiger partial charge in [-0.2, -0.15) is 0 Å². The molecule has 8 heteroatoms. The molecule has 0 aromatic heterocycles. The van der Waals surface area contributed by atoms with E-state index in [0.717, 1.165) is 5.56 Å². The highest BCUT2D eigenvalue weighted by molar-refractivity contribution is 8.01. The van der Waals surface area contributed by atoms with Gasteiger partial charge in [-0.05, 0) is 44.9 Å². The van der Waals surface area contributed by atoms with Crippen molar-refractivity contribution in [1.82, 2.24) is 4.90 Å². The Hall–Kier alpha value is -3.00. The third kappa shape index (κ3) is 4.71. The molecule has 0 saturated carbocycles. The second kappa shape index (κ2) is 9.09. The van der Waals surface area contributed by atoms with E-state index in [2.05, 4.69) is 5.32 Å². The molecule has 174 valence electrons. The summed E-state index contributed by atoms with van der Waals surface area (Å²) in [5.41, 5.74) is 1.23. The van der Waals surface area contributed by atoms with Gasteiger partial charge in [0.1, 0.15) is 11.0 Å². The van der Waals surface area contributed by atoms with Gasteiger partial charge in [-0.25, -0.2) is 9.59 Å². The summed E-state index contributed by atoms with van der Waals surface area (Å²) in [4.78, 5) is 40.5. The maximum Gasteiger partial charge on any atom is 0.340 e. The molecule has 4 atom stereocenters. The van der Waals surface area contributed by atoms with Crippen LogP contribution in [0, 0.1) is 0 Å². The number of methoxy groups -OCH3 is 1. The number of carbonyl (C=O) groups excluding carboxylic acids is 3. The Kier molecular flexibility index (Phi) is 6.38. The van der Waals surface area contributed by atoms with Crippen LogP contribution in [-0.4, -0.2) is 52.2 Å². The van der Waals surface area contributed by atoms with Gasteiger partial charge in [-0.3, -0.25) is 4.79 Å². The van der Waals surface area contributed by atoms with E-state index in [-0.39, 0.29) is 17.2 Å². The zero-order valence-electron chi connectivity index (χ0n) is 19.1. The number of benzene rings is 2. The van der Waals surface area contributed by atoms with Crippen molar-refractivity contribution in [2.75, 3.05) is 12.4 Å². The second-order valence-corrected chi connectivity index (χ2v) is 10.4. The molecule has 2 aromatic rings. The predicted octanol–water partition coefficient (Wildman–Crippen LogP) is 4.01. The molecule has 2 aliphatic rings. The van der Waals surface area contributed by atoms with Gasteiger partial charge >= 0.3 is 11.9 Å². The number of fused-ring (bicyclic) bond motifs is 1. The Morgan fingerprint density at radius 3 is 2.39 bits per heavy atom. The minimum Gasteiger partial charge on any atom is -0.467 e. The molecule has 0 bridgehead atoms. The first-order valence-corrected chi connectivity index (χ1v) is 11.8. The number of rotatable bonds is 5. The number of para-hydroxylation sites is 1. The molecule has 2 aromatic carbocycles. The highest BCUT2D eigenvalue weighted by Crippen LogP contribution is 2.48. The number of carbonyl (C=O) groups is 3. The molecule has 7 nitrogen and oxygen atoms in total. The SMILES string of the molecule is COC(=O)C1C(Nc2ccccc2C(=O)OC(C)(C)C)SC2CC(c3ccccc3)C(=O)N21. The number of esters is 2. The number of anilines is 1. The monoisotopic (exact) mass is 468 g/mol. The minimum atomic E-state index is -0.807. The fraction of sp³-hybridized carbons (Fsp3) is 0.400. The van der Waals surface area contributed by atoms with Crippen molar-refractivity contribution in [1.29, 1.82) is 0 Å². The van der Waals surface area contributed by atoms with Crippen LogP contribution in [0.5, 0.6) is 0 Å². The first-order valence-electron chi connectivity index (χ1n) is 10.9. The molecule has 0 aliphatic carbocycles. The number of thioether (sulfide) groups is 1. The lowest BCUT2D eigenvalue weighted by Gasteiger charge is -2.26. The average Bonchev–Trinajstić information content (AvgIpc) is 3.29. The summed E-state index contributed by atoms with van der Waals surface area (Å²) in [6, 6.07) is 15.8. The lowest BCUT2D eigenvalue weighted by molar-refractivity contribution is -0.150. The molecule has 4 rings (SSSR count). The van der Waals surface area contributed by atoms with Crippen LogP contribution in [0.3, 0.4) is 0 Å². The van der Waals surface area contributed by atoms with Crippen LogP contribution < -0.4 is 5.32 Å². The van der Waals surface area contributed by atoms with E-state index in [1.54, 1.807) is 29.2 Å². The summed E-state index contributed by atoms with van der Waals surface area (Å²) >= 11 is 1.50. The largest absolute Gasteiger partial charge is 0.467 e. The van der Waals surface area contributed by atoms with Crippen LogP contribution in [0.15, 0.2) is 54.6 Å². The fourth-order valence-corrected chi connectivity index (χ4v) is 5.87. The Bertz CT molecular complexity index is 1050. The number of nitrogens with zero attached hydrogens (tertiary/aromatic N) is 1. The number of hydrogen-bond donors (Lipinski definition) is 1. The molecular weight excluding hydrogens is 440 g/mol. The van der Waals surface area contributed by atoms with Crippen molar-refractivity contribution in [2.24, 2.45) is 0 Å². The second-order valence-electron chi connectivity index (χ2n) is 9.12. The van der Waals surface area contributed by atoms with Crippen LogP contribution >= 0.6 is 11.8 Å². The van der Waals surface area contributed by atoms with Gasteiger partial charge in [0.15, 0.2) is 6.04 Å². The molecule has 0 radical (unpaired) electrons. The standard InChI is InChI=1S/C25H28N2O5S/c1-25(2,3)32-23(29)16-12-8-9-13-18(16)26-21-20(24(30)31-4)27-19(33-21)14-17(22(27)28)15-10-6-5-7-11-15/h5-13,17,19-21,26H,14H2,1-4H3. The molecule has 33 heavy (non-hydrogen) atoms. The minimum absolute atomic E-state index is 0.0844. The molecule has 4 unspecified atom stereocenters. The van der Waals surface area contributed by atoms with E-state index >= 15 is 0 Å². The Morgan fingerprint density at radius 1 is 1.06 bits per heavy atom. The summed E-state index contributed by atoms with van der Waals surface area (Å²) in [7, 11) is 1.32. The summed E-state index contributed by atoms with van der Waals surface area (Å²) in [6.07, 6.45) is 0.604. The van der Waals surface area contributed by atoms with E-state index in [9.17, 15) is 14.4 Å². The predicted molar refractivity (Wildman–Crippen MR) is 127 cm³/mol. The topological polar surface area (TPSA) is 84.9 Å². The number of hydrogen-bond acceptors (Lipinski definition) is 7. The normalized spacial score (nSPS) is 24.4. The lowest BCUT2D eigenvalue weighted by atomic mass is 9.98. The maximum absolute atomic E-state index is 13.4. The van der Waals surface area contributed by atoms with E-state index in [4.69, 9.17) is 9.47 Å². The summed E-state index contributed by atoms with van der Waals surface area (Å²) in [5.74, 6) is -1.31. The zero-order valence-corrected chi connectivity index (χ0v) is 19.9. The molecule has 1 amide bonds.